The first-order chi connectivity index (χ1) is 16.1. The Balaban J connectivity index is 1.92. The molecule has 3 rings (SSSR count). The van der Waals surface area contributed by atoms with Crippen LogP contribution >= 0.6 is 0 Å². The Morgan fingerprint density at radius 1 is 1.21 bits per heavy atom. The summed E-state index contributed by atoms with van der Waals surface area (Å²) in [5.41, 5.74) is 0.943. The van der Waals surface area contributed by atoms with Crippen molar-refractivity contribution < 1.29 is 23.9 Å². The number of hydrogen-bond acceptors (Lipinski definition) is 6. The number of benzene rings is 1. The van der Waals surface area contributed by atoms with Crippen molar-refractivity contribution in [2.75, 3.05) is 59.8 Å². The maximum Gasteiger partial charge on any atom is 0.257 e. The number of nitrogens with zero attached hydrogens (tertiary/aromatic N) is 3. The molecule has 1 heterocycles. The van der Waals surface area contributed by atoms with Gasteiger partial charge in [-0.25, -0.2) is 0 Å². The van der Waals surface area contributed by atoms with E-state index in [1.54, 1.807) is 37.3 Å². The monoisotopic (exact) mass is 474 g/mol. The minimum absolute atomic E-state index is 0.00289. The fourth-order valence-electron chi connectivity index (χ4n) is 4.15. The second-order valence-electron chi connectivity index (χ2n) is 9.86. The Hall–Kier alpha value is -2.65. The number of nitrogens with one attached hydrogen (secondary N) is 1. The van der Waals surface area contributed by atoms with Crippen LogP contribution in [0.1, 0.15) is 37.0 Å². The highest BCUT2D eigenvalue weighted by Gasteiger charge is 2.32. The van der Waals surface area contributed by atoms with Crippen LogP contribution in [0.5, 0.6) is 5.75 Å². The molecule has 1 aliphatic heterocycles. The van der Waals surface area contributed by atoms with E-state index < -0.39 is 0 Å². The summed E-state index contributed by atoms with van der Waals surface area (Å²) < 4.78 is 11.8. The largest absolute Gasteiger partial charge is 0.491 e. The first-order valence-corrected chi connectivity index (χ1v) is 11.9. The fourth-order valence-corrected chi connectivity index (χ4v) is 4.15. The molecular formula is C25H38N4O5. The Morgan fingerprint density at radius 2 is 1.91 bits per heavy atom. The molecule has 1 aromatic rings. The highest BCUT2D eigenvalue weighted by Crippen LogP contribution is 2.31. The molecule has 1 N–H and O–H groups in total. The second kappa shape index (κ2) is 11.2. The summed E-state index contributed by atoms with van der Waals surface area (Å²) in [5.74, 6) is 0.272. The van der Waals surface area contributed by atoms with Gasteiger partial charge in [0.15, 0.2) is 0 Å². The van der Waals surface area contributed by atoms with E-state index in [2.05, 4.69) is 5.32 Å². The number of hydrogen-bond donors (Lipinski definition) is 1. The molecule has 3 amide bonds. The van der Waals surface area contributed by atoms with Crippen molar-refractivity contribution in [1.29, 1.82) is 0 Å². The van der Waals surface area contributed by atoms with Crippen LogP contribution in [0.2, 0.25) is 0 Å². The molecule has 2 aliphatic rings. The highest BCUT2D eigenvalue weighted by molar-refractivity contribution is 6.00. The van der Waals surface area contributed by atoms with Gasteiger partial charge in [-0.3, -0.25) is 14.4 Å². The lowest BCUT2D eigenvalue weighted by molar-refractivity contribution is -0.136. The predicted molar refractivity (Wildman–Crippen MR) is 130 cm³/mol. The SMILES string of the molecule is CO[C@@H]1CN(C)C(=O)c2cc(NC(=O)C3CC3)ccc2OC[C@H](C)N(C(=O)CN(C)C)C[C@@H]1C. The fraction of sp³-hybridized carbons (Fsp3) is 0.640. The minimum Gasteiger partial charge on any atom is -0.491 e. The van der Waals surface area contributed by atoms with Crippen molar-refractivity contribution in [3.8, 4) is 5.75 Å². The second-order valence-corrected chi connectivity index (χ2v) is 9.86. The third-order valence-corrected chi connectivity index (χ3v) is 6.43. The lowest BCUT2D eigenvalue weighted by Gasteiger charge is -2.36. The van der Waals surface area contributed by atoms with Crippen LogP contribution in [0.3, 0.4) is 0 Å². The van der Waals surface area contributed by atoms with Crippen molar-refractivity contribution in [3.05, 3.63) is 23.8 Å². The molecular weight excluding hydrogens is 436 g/mol. The lowest BCUT2D eigenvalue weighted by atomic mass is 10.0. The summed E-state index contributed by atoms with van der Waals surface area (Å²) in [6.07, 6.45) is 1.55. The summed E-state index contributed by atoms with van der Waals surface area (Å²) in [4.78, 5) is 44.0. The molecule has 0 radical (unpaired) electrons. The number of anilines is 1. The number of likely N-dealkylation sites (N-methyl/N-ethyl adjacent to an activating group) is 2. The van der Waals surface area contributed by atoms with Gasteiger partial charge in [0.1, 0.15) is 12.4 Å². The van der Waals surface area contributed by atoms with E-state index in [0.717, 1.165) is 12.8 Å². The van der Waals surface area contributed by atoms with Crippen LogP contribution in [0, 0.1) is 11.8 Å². The molecule has 1 saturated carbocycles. The van der Waals surface area contributed by atoms with Gasteiger partial charge in [0.25, 0.3) is 5.91 Å². The molecule has 0 saturated heterocycles. The molecule has 0 aromatic heterocycles. The molecule has 1 aliphatic carbocycles. The normalized spacial score (nSPS) is 24.1. The maximum atomic E-state index is 13.4. The zero-order chi connectivity index (χ0) is 25.0. The first-order valence-electron chi connectivity index (χ1n) is 11.9. The average molecular weight is 475 g/mol. The Kier molecular flexibility index (Phi) is 8.54. The molecule has 0 unspecified atom stereocenters. The van der Waals surface area contributed by atoms with E-state index in [0.29, 0.717) is 36.6 Å². The Bertz CT molecular complexity index is 901. The molecule has 9 heteroatoms. The van der Waals surface area contributed by atoms with Crippen LogP contribution in [-0.2, 0) is 14.3 Å². The zero-order valence-electron chi connectivity index (χ0n) is 21.2. The van der Waals surface area contributed by atoms with Gasteiger partial charge in [-0.05, 0) is 52.1 Å². The van der Waals surface area contributed by atoms with Crippen molar-refractivity contribution in [2.45, 2.75) is 38.8 Å². The number of methoxy groups -OCH3 is 1. The summed E-state index contributed by atoms with van der Waals surface area (Å²) >= 11 is 0. The molecule has 34 heavy (non-hydrogen) atoms. The van der Waals surface area contributed by atoms with Gasteiger partial charge in [0, 0.05) is 44.8 Å². The van der Waals surface area contributed by atoms with Crippen molar-refractivity contribution in [1.82, 2.24) is 14.7 Å². The van der Waals surface area contributed by atoms with Crippen LogP contribution in [-0.4, -0.2) is 99.1 Å². The minimum atomic E-state index is -0.252. The number of carbonyl (C=O) groups is 3. The molecule has 1 aromatic carbocycles. The van der Waals surface area contributed by atoms with Crippen LogP contribution in [0.4, 0.5) is 5.69 Å². The number of carbonyl (C=O) groups excluding carboxylic acids is 3. The van der Waals surface area contributed by atoms with Crippen LogP contribution in [0.15, 0.2) is 18.2 Å². The van der Waals surface area contributed by atoms with Crippen LogP contribution in [0.25, 0.3) is 0 Å². The number of rotatable bonds is 5. The van der Waals surface area contributed by atoms with Gasteiger partial charge < -0.3 is 29.5 Å². The molecule has 188 valence electrons. The van der Waals surface area contributed by atoms with E-state index in [9.17, 15) is 14.4 Å². The zero-order valence-corrected chi connectivity index (χ0v) is 21.2. The van der Waals surface area contributed by atoms with Gasteiger partial charge in [-0.2, -0.15) is 0 Å². The Labute approximate surface area is 202 Å². The van der Waals surface area contributed by atoms with E-state index in [4.69, 9.17) is 9.47 Å². The maximum absolute atomic E-state index is 13.4. The predicted octanol–water partition coefficient (Wildman–Crippen LogP) is 1.93. The van der Waals surface area contributed by atoms with E-state index >= 15 is 0 Å². The van der Waals surface area contributed by atoms with Crippen molar-refractivity contribution in [2.24, 2.45) is 11.8 Å². The lowest BCUT2D eigenvalue weighted by Crippen LogP contribution is -2.50. The summed E-state index contributed by atoms with van der Waals surface area (Å²) in [6.45, 7) is 5.37. The third kappa shape index (κ3) is 6.48. The third-order valence-electron chi connectivity index (χ3n) is 6.43. The summed E-state index contributed by atoms with van der Waals surface area (Å²) in [6, 6.07) is 4.93. The Morgan fingerprint density at radius 3 is 2.53 bits per heavy atom. The molecule has 0 spiro atoms. The first kappa shape index (κ1) is 26.0. The average Bonchev–Trinajstić information content (AvgIpc) is 3.63. The van der Waals surface area contributed by atoms with E-state index in [-0.39, 0.29) is 48.3 Å². The number of fused-ring (bicyclic) bond motifs is 1. The topological polar surface area (TPSA) is 91.4 Å². The van der Waals surface area contributed by atoms with Gasteiger partial charge >= 0.3 is 0 Å². The number of amides is 3. The van der Waals surface area contributed by atoms with Gasteiger partial charge in [0.05, 0.1) is 24.3 Å². The van der Waals surface area contributed by atoms with E-state index in [1.165, 1.54) is 0 Å². The number of ether oxygens (including phenoxy) is 2. The molecule has 0 bridgehead atoms. The molecule has 9 nitrogen and oxygen atoms in total. The van der Waals surface area contributed by atoms with Gasteiger partial charge in [0.2, 0.25) is 11.8 Å². The molecule has 3 atom stereocenters. The summed E-state index contributed by atoms with van der Waals surface area (Å²) in [5, 5.41) is 2.90. The van der Waals surface area contributed by atoms with Crippen LogP contribution < -0.4 is 10.1 Å². The van der Waals surface area contributed by atoms with E-state index in [1.807, 2.05) is 37.7 Å². The van der Waals surface area contributed by atoms with Gasteiger partial charge in [-0.15, -0.1) is 0 Å². The van der Waals surface area contributed by atoms with Gasteiger partial charge in [-0.1, -0.05) is 6.92 Å². The summed E-state index contributed by atoms with van der Waals surface area (Å²) in [7, 11) is 7.09. The quantitative estimate of drug-likeness (QED) is 0.701. The van der Waals surface area contributed by atoms with Crippen molar-refractivity contribution in [3.63, 3.8) is 0 Å². The molecule has 1 fully saturated rings. The highest BCUT2D eigenvalue weighted by atomic mass is 16.5. The van der Waals surface area contributed by atoms with Crippen molar-refractivity contribution >= 4 is 23.4 Å². The smallest absolute Gasteiger partial charge is 0.257 e. The standard InChI is InChI=1S/C25H38N4O5/c1-16-12-29(23(30)14-27(3)4)17(2)15-34-21-10-9-19(26-24(31)18-7-8-18)11-20(21)25(32)28(5)13-22(16)33-6/h9-11,16-18,22H,7-8,12-15H2,1-6H3,(H,26,31)/t16-,17-,22+/m0/s1.